The SMILES string of the molecule is O=CC#CC1(N2CCCC2)CC1. The van der Waals surface area contributed by atoms with Crippen molar-refractivity contribution >= 4 is 6.29 Å². The van der Waals surface area contributed by atoms with E-state index in [0.717, 1.165) is 12.8 Å². The highest BCUT2D eigenvalue weighted by molar-refractivity contribution is 5.73. The number of carbonyl (C=O) groups is 1. The van der Waals surface area contributed by atoms with E-state index in [1.165, 1.54) is 25.9 Å². The zero-order valence-corrected chi connectivity index (χ0v) is 7.18. The van der Waals surface area contributed by atoms with E-state index in [-0.39, 0.29) is 5.54 Å². The first kappa shape index (κ1) is 7.82. The predicted molar refractivity (Wildman–Crippen MR) is 46.6 cm³/mol. The van der Waals surface area contributed by atoms with Gasteiger partial charge in [-0.15, -0.1) is 0 Å². The summed E-state index contributed by atoms with van der Waals surface area (Å²) in [6.45, 7) is 2.35. The Hall–Kier alpha value is -0.810. The largest absolute Gasteiger partial charge is 0.289 e. The van der Waals surface area contributed by atoms with Crippen molar-refractivity contribution in [2.24, 2.45) is 0 Å². The van der Waals surface area contributed by atoms with Crippen LogP contribution >= 0.6 is 0 Å². The van der Waals surface area contributed by atoms with Crippen molar-refractivity contribution in [1.82, 2.24) is 4.90 Å². The Morgan fingerprint density at radius 3 is 2.42 bits per heavy atom. The number of rotatable bonds is 1. The molecule has 2 fully saturated rings. The first-order valence-electron chi connectivity index (χ1n) is 4.59. The van der Waals surface area contributed by atoms with Gasteiger partial charge in [-0.3, -0.25) is 9.69 Å². The lowest BCUT2D eigenvalue weighted by Crippen LogP contribution is -2.33. The molecule has 0 bridgehead atoms. The molecule has 1 saturated heterocycles. The second-order valence-corrected chi connectivity index (χ2v) is 3.61. The maximum absolute atomic E-state index is 10.1. The molecule has 0 atom stereocenters. The highest BCUT2D eigenvalue weighted by Gasteiger charge is 2.47. The molecular formula is C10H13NO. The van der Waals surface area contributed by atoms with Crippen LogP contribution in [0.4, 0.5) is 0 Å². The zero-order valence-electron chi connectivity index (χ0n) is 7.18. The molecule has 0 N–H and O–H groups in total. The molecule has 1 aliphatic heterocycles. The molecule has 0 radical (unpaired) electrons. The minimum atomic E-state index is 0.122. The van der Waals surface area contributed by atoms with Crippen molar-refractivity contribution in [2.45, 2.75) is 31.2 Å². The number of hydrogen-bond acceptors (Lipinski definition) is 2. The molecule has 1 saturated carbocycles. The van der Waals surface area contributed by atoms with Gasteiger partial charge in [-0.25, -0.2) is 0 Å². The summed E-state index contributed by atoms with van der Waals surface area (Å²) in [5, 5.41) is 0. The number of likely N-dealkylation sites (tertiary alicyclic amines) is 1. The van der Waals surface area contributed by atoms with Crippen LogP contribution in [0.2, 0.25) is 0 Å². The average Bonchev–Trinajstić information content (AvgIpc) is 2.66. The molecule has 0 aromatic rings. The maximum atomic E-state index is 10.1. The molecule has 2 heteroatoms. The van der Waals surface area contributed by atoms with Crippen LogP contribution in [0.15, 0.2) is 0 Å². The second-order valence-electron chi connectivity index (χ2n) is 3.61. The van der Waals surface area contributed by atoms with Crippen molar-refractivity contribution in [3.63, 3.8) is 0 Å². The van der Waals surface area contributed by atoms with Crippen LogP contribution in [0.1, 0.15) is 25.7 Å². The quantitative estimate of drug-likeness (QED) is 0.421. The van der Waals surface area contributed by atoms with Crippen molar-refractivity contribution in [3.8, 4) is 11.8 Å². The van der Waals surface area contributed by atoms with Gasteiger partial charge >= 0.3 is 0 Å². The molecule has 2 rings (SSSR count). The minimum absolute atomic E-state index is 0.122. The number of nitrogens with zero attached hydrogens (tertiary/aromatic N) is 1. The first-order valence-corrected chi connectivity index (χ1v) is 4.59. The number of carbonyl (C=O) groups excluding carboxylic acids is 1. The van der Waals surface area contributed by atoms with Gasteiger partial charge in [0.05, 0.1) is 5.54 Å². The lowest BCUT2D eigenvalue weighted by Gasteiger charge is -2.21. The van der Waals surface area contributed by atoms with E-state index in [2.05, 4.69) is 16.7 Å². The van der Waals surface area contributed by atoms with E-state index in [1.807, 2.05) is 0 Å². The van der Waals surface area contributed by atoms with Crippen LogP contribution in [0.5, 0.6) is 0 Å². The van der Waals surface area contributed by atoms with Crippen LogP contribution in [0, 0.1) is 11.8 Å². The van der Waals surface area contributed by atoms with Gasteiger partial charge < -0.3 is 0 Å². The van der Waals surface area contributed by atoms with E-state index in [1.54, 1.807) is 0 Å². The van der Waals surface area contributed by atoms with Gasteiger partial charge in [0.15, 0.2) is 6.29 Å². The van der Waals surface area contributed by atoms with Crippen LogP contribution in [-0.4, -0.2) is 29.8 Å². The normalized spacial score (nSPS) is 26.0. The van der Waals surface area contributed by atoms with Gasteiger partial charge in [0.1, 0.15) is 0 Å². The summed E-state index contributed by atoms with van der Waals surface area (Å²) in [5.41, 5.74) is 0.122. The molecule has 0 aromatic heterocycles. The third-order valence-electron chi connectivity index (χ3n) is 2.80. The Labute approximate surface area is 72.9 Å². The monoisotopic (exact) mass is 163 g/mol. The second kappa shape index (κ2) is 2.91. The van der Waals surface area contributed by atoms with E-state index >= 15 is 0 Å². The Morgan fingerprint density at radius 2 is 1.92 bits per heavy atom. The van der Waals surface area contributed by atoms with Gasteiger partial charge in [-0.2, -0.15) is 0 Å². The third-order valence-corrected chi connectivity index (χ3v) is 2.80. The number of aldehydes is 1. The zero-order chi connectivity index (χ0) is 8.44. The topological polar surface area (TPSA) is 20.3 Å². The Kier molecular flexibility index (Phi) is 1.90. The summed E-state index contributed by atoms with van der Waals surface area (Å²) in [4.78, 5) is 12.5. The smallest absolute Gasteiger partial charge is 0.192 e. The molecule has 2 aliphatic rings. The van der Waals surface area contributed by atoms with Crippen LogP contribution in [-0.2, 0) is 4.79 Å². The lowest BCUT2D eigenvalue weighted by atomic mass is 10.2. The maximum Gasteiger partial charge on any atom is 0.192 e. The van der Waals surface area contributed by atoms with Gasteiger partial charge in [-0.1, -0.05) is 5.92 Å². The molecule has 2 nitrogen and oxygen atoms in total. The Bertz CT molecular complexity index is 238. The summed E-state index contributed by atoms with van der Waals surface area (Å²) in [7, 11) is 0. The Morgan fingerprint density at radius 1 is 1.25 bits per heavy atom. The highest BCUT2D eigenvalue weighted by atomic mass is 16.1. The van der Waals surface area contributed by atoms with E-state index in [0.29, 0.717) is 6.29 Å². The summed E-state index contributed by atoms with van der Waals surface area (Å²) < 4.78 is 0. The molecule has 0 spiro atoms. The number of hydrogen-bond donors (Lipinski definition) is 0. The molecule has 12 heavy (non-hydrogen) atoms. The van der Waals surface area contributed by atoms with E-state index in [4.69, 9.17) is 0 Å². The predicted octanol–water partition coefficient (Wildman–Crippen LogP) is 0.817. The van der Waals surface area contributed by atoms with Crippen LogP contribution in [0.3, 0.4) is 0 Å². The summed E-state index contributed by atoms with van der Waals surface area (Å²) in [6.07, 6.45) is 5.62. The molecule has 1 heterocycles. The molecule has 0 aromatic carbocycles. The molecule has 0 unspecified atom stereocenters. The lowest BCUT2D eigenvalue weighted by molar-refractivity contribution is -0.103. The van der Waals surface area contributed by atoms with Gasteiger partial charge in [0.2, 0.25) is 0 Å². The third kappa shape index (κ3) is 1.25. The summed E-state index contributed by atoms with van der Waals surface area (Å²) in [5.74, 6) is 5.63. The van der Waals surface area contributed by atoms with Crippen molar-refractivity contribution in [1.29, 1.82) is 0 Å². The van der Waals surface area contributed by atoms with E-state index < -0.39 is 0 Å². The summed E-state index contributed by atoms with van der Waals surface area (Å²) in [6, 6.07) is 0. The van der Waals surface area contributed by atoms with E-state index in [9.17, 15) is 4.79 Å². The van der Waals surface area contributed by atoms with Crippen molar-refractivity contribution in [2.75, 3.05) is 13.1 Å². The standard InChI is InChI=1S/C10H13NO/c12-9-3-4-10(5-6-10)11-7-1-2-8-11/h9H,1-2,5-8H2. The molecular weight excluding hydrogens is 150 g/mol. The van der Waals surface area contributed by atoms with Crippen LogP contribution in [0.25, 0.3) is 0 Å². The highest BCUT2D eigenvalue weighted by Crippen LogP contribution is 2.42. The fraction of sp³-hybridized carbons (Fsp3) is 0.700. The first-order chi connectivity index (χ1) is 5.87. The van der Waals surface area contributed by atoms with Crippen LogP contribution < -0.4 is 0 Å². The van der Waals surface area contributed by atoms with Gasteiger partial charge in [-0.05, 0) is 44.7 Å². The fourth-order valence-electron chi connectivity index (χ4n) is 1.95. The Balaban J connectivity index is 2.04. The molecule has 1 aliphatic carbocycles. The van der Waals surface area contributed by atoms with Gasteiger partial charge in [0, 0.05) is 0 Å². The van der Waals surface area contributed by atoms with Crippen molar-refractivity contribution < 1.29 is 4.79 Å². The fourth-order valence-corrected chi connectivity index (χ4v) is 1.95. The van der Waals surface area contributed by atoms with Crippen molar-refractivity contribution in [3.05, 3.63) is 0 Å². The minimum Gasteiger partial charge on any atom is -0.289 e. The average molecular weight is 163 g/mol. The van der Waals surface area contributed by atoms with Gasteiger partial charge in [0.25, 0.3) is 0 Å². The summed E-state index contributed by atoms with van der Waals surface area (Å²) >= 11 is 0. The molecule has 64 valence electrons. The molecule has 0 amide bonds.